The van der Waals surface area contributed by atoms with E-state index in [1.54, 1.807) is 31.2 Å². The summed E-state index contributed by atoms with van der Waals surface area (Å²) in [5.74, 6) is -0.838. The van der Waals surface area contributed by atoms with E-state index in [-0.39, 0.29) is 12.4 Å². The summed E-state index contributed by atoms with van der Waals surface area (Å²) in [6.07, 6.45) is 0. The molecular weight excluding hydrogens is 222 g/mol. The van der Waals surface area contributed by atoms with Gasteiger partial charge in [0.15, 0.2) is 0 Å². The van der Waals surface area contributed by atoms with Gasteiger partial charge < -0.3 is 9.84 Å². The molecule has 1 rings (SSSR count). The minimum Gasteiger partial charge on any atom is -0.506 e. The van der Waals surface area contributed by atoms with Crippen LogP contribution in [0.4, 0.5) is 5.69 Å². The van der Waals surface area contributed by atoms with Crippen LogP contribution in [0, 0.1) is 11.3 Å². The van der Waals surface area contributed by atoms with Gasteiger partial charge in [0.1, 0.15) is 11.8 Å². The van der Waals surface area contributed by atoms with Crippen LogP contribution in [0.25, 0.3) is 0 Å². The van der Waals surface area contributed by atoms with Crippen molar-refractivity contribution in [1.82, 2.24) is 0 Å². The Morgan fingerprint density at radius 1 is 1.59 bits per heavy atom. The zero-order valence-electron chi connectivity index (χ0n) is 9.17. The van der Waals surface area contributed by atoms with E-state index in [0.717, 1.165) is 0 Å². The molecular formula is C11H11N3O3. The summed E-state index contributed by atoms with van der Waals surface area (Å²) < 4.78 is 4.62. The average Bonchev–Trinajstić information content (AvgIpc) is 2.32. The first-order chi connectivity index (χ1) is 8.19. The monoisotopic (exact) mass is 233 g/mol. The molecule has 0 unspecified atom stereocenters. The van der Waals surface area contributed by atoms with E-state index >= 15 is 0 Å². The molecule has 0 atom stereocenters. The molecule has 2 N–H and O–H groups in total. The molecule has 0 saturated carbocycles. The minimum atomic E-state index is -0.807. The molecule has 88 valence electrons. The standard InChI is InChI=1S/C11H11N3O3/c1-2-17-11(16)9(7-12)14-13-8-5-3-4-6-10(8)15/h3-6,13,15H,2H2,1H3/b14-9+. The Kier molecular flexibility index (Phi) is 4.51. The molecule has 0 aromatic heterocycles. The van der Waals surface area contributed by atoms with Gasteiger partial charge in [0.2, 0.25) is 5.71 Å². The van der Waals surface area contributed by atoms with Crippen molar-refractivity contribution in [2.45, 2.75) is 6.92 Å². The number of rotatable bonds is 4. The lowest BCUT2D eigenvalue weighted by Crippen LogP contribution is -2.17. The number of para-hydroxylation sites is 2. The molecule has 0 aliphatic heterocycles. The van der Waals surface area contributed by atoms with E-state index in [4.69, 9.17) is 5.26 Å². The molecule has 6 nitrogen and oxygen atoms in total. The number of carbonyl (C=O) groups excluding carboxylic acids is 1. The Bertz CT molecular complexity index is 477. The fourth-order valence-electron chi connectivity index (χ4n) is 1.00. The zero-order valence-corrected chi connectivity index (χ0v) is 9.17. The summed E-state index contributed by atoms with van der Waals surface area (Å²) in [4.78, 5) is 11.2. The van der Waals surface area contributed by atoms with Crippen molar-refractivity contribution >= 4 is 17.4 Å². The fourth-order valence-corrected chi connectivity index (χ4v) is 1.00. The third-order valence-electron chi connectivity index (χ3n) is 1.77. The Morgan fingerprint density at radius 2 is 2.29 bits per heavy atom. The predicted octanol–water partition coefficient (Wildman–Crippen LogP) is 1.25. The van der Waals surface area contributed by atoms with Crippen molar-refractivity contribution in [3.8, 4) is 11.8 Å². The number of anilines is 1. The Hall–Kier alpha value is -2.55. The molecule has 0 bridgehead atoms. The van der Waals surface area contributed by atoms with Crippen molar-refractivity contribution in [3.05, 3.63) is 24.3 Å². The first-order valence-corrected chi connectivity index (χ1v) is 4.88. The van der Waals surface area contributed by atoms with Crippen LogP contribution >= 0.6 is 0 Å². The van der Waals surface area contributed by atoms with Gasteiger partial charge in [-0.3, -0.25) is 5.43 Å². The van der Waals surface area contributed by atoms with Crippen molar-refractivity contribution < 1.29 is 14.6 Å². The van der Waals surface area contributed by atoms with Gasteiger partial charge in [0.05, 0.1) is 12.3 Å². The van der Waals surface area contributed by atoms with Crippen LogP contribution in [0.15, 0.2) is 29.4 Å². The van der Waals surface area contributed by atoms with Crippen LogP contribution in [0.5, 0.6) is 5.75 Å². The van der Waals surface area contributed by atoms with Gasteiger partial charge in [0.25, 0.3) is 0 Å². The molecule has 0 fully saturated rings. The maximum atomic E-state index is 11.2. The SMILES string of the molecule is CCOC(=O)/C(C#N)=N/Nc1ccccc1O. The number of phenols is 1. The first kappa shape index (κ1) is 12.5. The van der Waals surface area contributed by atoms with Gasteiger partial charge in [-0.05, 0) is 19.1 Å². The van der Waals surface area contributed by atoms with Crippen LogP contribution in [0.2, 0.25) is 0 Å². The van der Waals surface area contributed by atoms with E-state index in [2.05, 4.69) is 15.3 Å². The molecule has 0 heterocycles. The lowest BCUT2D eigenvalue weighted by molar-refractivity contribution is -0.134. The van der Waals surface area contributed by atoms with Gasteiger partial charge in [0, 0.05) is 0 Å². The average molecular weight is 233 g/mol. The second kappa shape index (κ2) is 6.12. The highest BCUT2D eigenvalue weighted by Crippen LogP contribution is 2.21. The van der Waals surface area contributed by atoms with Crippen LogP contribution < -0.4 is 5.43 Å². The van der Waals surface area contributed by atoms with Gasteiger partial charge in [-0.25, -0.2) is 4.79 Å². The van der Waals surface area contributed by atoms with Crippen LogP contribution in [0.1, 0.15) is 6.92 Å². The number of ether oxygens (including phenoxy) is 1. The van der Waals surface area contributed by atoms with Gasteiger partial charge in [-0.2, -0.15) is 10.4 Å². The highest BCUT2D eigenvalue weighted by molar-refractivity contribution is 6.43. The largest absolute Gasteiger partial charge is 0.506 e. The van der Waals surface area contributed by atoms with Gasteiger partial charge in [-0.1, -0.05) is 12.1 Å². The van der Waals surface area contributed by atoms with Gasteiger partial charge in [-0.15, -0.1) is 0 Å². The van der Waals surface area contributed by atoms with E-state index in [1.807, 2.05) is 0 Å². The third-order valence-corrected chi connectivity index (χ3v) is 1.77. The third kappa shape index (κ3) is 3.50. The number of hydrogen-bond acceptors (Lipinski definition) is 6. The molecule has 17 heavy (non-hydrogen) atoms. The number of esters is 1. The second-order valence-corrected chi connectivity index (χ2v) is 2.92. The highest BCUT2D eigenvalue weighted by atomic mass is 16.5. The van der Waals surface area contributed by atoms with Crippen molar-refractivity contribution in [2.24, 2.45) is 5.10 Å². The van der Waals surface area contributed by atoms with Crippen molar-refractivity contribution in [3.63, 3.8) is 0 Å². The number of carbonyl (C=O) groups is 1. The molecule has 1 aromatic carbocycles. The van der Waals surface area contributed by atoms with Crippen LogP contribution in [-0.2, 0) is 9.53 Å². The van der Waals surface area contributed by atoms with Crippen molar-refractivity contribution in [1.29, 1.82) is 5.26 Å². The summed E-state index contributed by atoms with van der Waals surface area (Å²) in [5.41, 5.74) is 2.31. The second-order valence-electron chi connectivity index (χ2n) is 2.92. The maximum Gasteiger partial charge on any atom is 0.369 e. The van der Waals surface area contributed by atoms with Crippen LogP contribution in [-0.4, -0.2) is 23.4 Å². The lowest BCUT2D eigenvalue weighted by atomic mass is 10.3. The Labute approximate surface area is 98.1 Å². The van der Waals surface area contributed by atoms with E-state index in [1.165, 1.54) is 6.07 Å². The normalized spacial score (nSPS) is 10.5. The minimum absolute atomic E-state index is 0.0302. The summed E-state index contributed by atoms with van der Waals surface area (Å²) in [7, 11) is 0. The molecule has 1 aromatic rings. The Morgan fingerprint density at radius 3 is 2.88 bits per heavy atom. The zero-order chi connectivity index (χ0) is 12.7. The quantitative estimate of drug-likeness (QED) is 0.353. The van der Waals surface area contributed by atoms with Crippen molar-refractivity contribution in [2.75, 3.05) is 12.0 Å². The first-order valence-electron chi connectivity index (χ1n) is 4.88. The van der Waals surface area contributed by atoms with E-state index in [0.29, 0.717) is 5.69 Å². The number of nitrogens with one attached hydrogen (secondary N) is 1. The summed E-state index contributed by atoms with van der Waals surface area (Å²) in [6.45, 7) is 1.79. The summed E-state index contributed by atoms with van der Waals surface area (Å²) in [6, 6.07) is 7.93. The molecule has 0 aliphatic carbocycles. The Balaban J connectivity index is 2.79. The number of nitrogens with zero attached hydrogens (tertiary/aromatic N) is 2. The smallest absolute Gasteiger partial charge is 0.369 e. The topological polar surface area (TPSA) is 94.7 Å². The number of hydrazone groups is 1. The predicted molar refractivity (Wildman–Crippen MR) is 61.4 cm³/mol. The lowest BCUT2D eigenvalue weighted by Gasteiger charge is -2.03. The molecule has 0 aliphatic rings. The summed E-state index contributed by atoms with van der Waals surface area (Å²) >= 11 is 0. The van der Waals surface area contributed by atoms with Gasteiger partial charge >= 0.3 is 5.97 Å². The molecule has 6 heteroatoms. The fraction of sp³-hybridized carbons (Fsp3) is 0.182. The summed E-state index contributed by atoms with van der Waals surface area (Å²) in [5, 5.41) is 21.7. The highest BCUT2D eigenvalue weighted by Gasteiger charge is 2.11. The number of phenolic OH excluding ortho intramolecular Hbond substituents is 1. The molecule has 0 spiro atoms. The van der Waals surface area contributed by atoms with E-state index < -0.39 is 11.7 Å². The molecule has 0 radical (unpaired) electrons. The van der Waals surface area contributed by atoms with Crippen LogP contribution in [0.3, 0.4) is 0 Å². The number of aromatic hydroxyl groups is 1. The van der Waals surface area contributed by atoms with E-state index in [9.17, 15) is 9.90 Å². The maximum absolute atomic E-state index is 11.2. The number of nitriles is 1. The number of benzene rings is 1. The molecule has 0 saturated heterocycles. The number of hydrogen-bond donors (Lipinski definition) is 2. The molecule has 0 amide bonds.